The van der Waals surface area contributed by atoms with Crippen LogP contribution in [0.1, 0.15) is 26.2 Å². The number of nitrogens with one attached hydrogen (secondary N) is 3. The maximum absolute atomic E-state index is 13.9. The van der Waals surface area contributed by atoms with Crippen molar-refractivity contribution in [1.82, 2.24) is 35.1 Å². The third-order valence-electron chi connectivity index (χ3n) is 6.25. The van der Waals surface area contributed by atoms with Gasteiger partial charge in [-0.3, -0.25) is 24.8 Å². The van der Waals surface area contributed by atoms with Crippen molar-refractivity contribution in [2.75, 3.05) is 5.32 Å². The normalized spacial score (nSPS) is 11.3. The first-order chi connectivity index (χ1) is 18.6. The van der Waals surface area contributed by atoms with Crippen LogP contribution in [0.4, 0.5) is 10.1 Å². The molecule has 188 valence electrons. The summed E-state index contributed by atoms with van der Waals surface area (Å²) in [6.45, 7) is 2.05. The molecule has 0 radical (unpaired) electrons. The molecule has 1 aromatic carbocycles. The summed E-state index contributed by atoms with van der Waals surface area (Å²) >= 11 is 0. The summed E-state index contributed by atoms with van der Waals surface area (Å²) in [5.41, 5.74) is 6.01. The van der Waals surface area contributed by atoms with Gasteiger partial charge in [0.05, 0.1) is 40.5 Å². The molecular weight excluding hydrogens is 483 g/mol. The molecule has 0 aliphatic carbocycles. The van der Waals surface area contributed by atoms with Gasteiger partial charge in [-0.05, 0) is 36.8 Å². The van der Waals surface area contributed by atoms with E-state index in [9.17, 15) is 9.18 Å². The van der Waals surface area contributed by atoms with Crippen molar-refractivity contribution in [3.63, 3.8) is 0 Å². The lowest BCUT2D eigenvalue weighted by atomic mass is 10.1. The Morgan fingerprint density at radius 3 is 2.79 bits per heavy atom. The number of amides is 1. The van der Waals surface area contributed by atoms with Crippen molar-refractivity contribution in [3.05, 3.63) is 73.1 Å². The van der Waals surface area contributed by atoms with Gasteiger partial charge in [-0.1, -0.05) is 25.5 Å². The van der Waals surface area contributed by atoms with Gasteiger partial charge in [0.2, 0.25) is 5.91 Å². The zero-order valence-electron chi connectivity index (χ0n) is 20.5. The summed E-state index contributed by atoms with van der Waals surface area (Å²) < 4.78 is 13.9. The smallest absolute Gasteiger partial charge is 0.224 e. The highest BCUT2D eigenvalue weighted by Crippen LogP contribution is 2.32. The van der Waals surface area contributed by atoms with E-state index in [0.717, 1.165) is 34.8 Å². The molecule has 5 aromatic heterocycles. The molecule has 6 aromatic rings. The largest absolute Gasteiger partial charge is 0.336 e. The molecule has 3 N–H and O–H groups in total. The number of unbranched alkanes of at least 4 members (excludes halogenated alkanes) is 1. The Bertz CT molecular complexity index is 1790. The van der Waals surface area contributed by atoms with Crippen LogP contribution >= 0.6 is 0 Å². The number of carbonyl (C=O) groups is 1. The van der Waals surface area contributed by atoms with E-state index in [1.165, 1.54) is 12.1 Å². The van der Waals surface area contributed by atoms with Crippen molar-refractivity contribution in [3.8, 4) is 34.0 Å². The van der Waals surface area contributed by atoms with Crippen LogP contribution in [0.25, 0.3) is 56.0 Å². The molecular formula is C28H23FN8O. The Kier molecular flexibility index (Phi) is 6.04. The summed E-state index contributed by atoms with van der Waals surface area (Å²) in [4.78, 5) is 33.6. The minimum Gasteiger partial charge on any atom is -0.336 e. The Morgan fingerprint density at radius 2 is 1.92 bits per heavy atom. The van der Waals surface area contributed by atoms with Crippen LogP contribution in [0.5, 0.6) is 0 Å². The van der Waals surface area contributed by atoms with Gasteiger partial charge in [-0.15, -0.1) is 0 Å². The van der Waals surface area contributed by atoms with Crippen molar-refractivity contribution in [1.29, 1.82) is 0 Å². The van der Waals surface area contributed by atoms with E-state index in [1.807, 2.05) is 25.1 Å². The average molecular weight is 507 g/mol. The molecule has 0 fully saturated rings. The highest BCUT2D eigenvalue weighted by atomic mass is 19.1. The van der Waals surface area contributed by atoms with Crippen LogP contribution in [0.3, 0.4) is 0 Å². The van der Waals surface area contributed by atoms with Gasteiger partial charge >= 0.3 is 0 Å². The molecule has 0 aliphatic rings. The summed E-state index contributed by atoms with van der Waals surface area (Å²) in [7, 11) is 0. The van der Waals surface area contributed by atoms with E-state index in [4.69, 9.17) is 4.98 Å². The second kappa shape index (κ2) is 9.81. The van der Waals surface area contributed by atoms with E-state index in [1.54, 1.807) is 36.9 Å². The first-order valence-electron chi connectivity index (χ1n) is 12.3. The Labute approximate surface area is 216 Å². The number of carbonyl (C=O) groups excluding carboxylic acids is 1. The number of nitrogens with zero attached hydrogens (tertiary/aromatic N) is 5. The second-order valence-electron chi connectivity index (χ2n) is 8.95. The molecule has 0 atom stereocenters. The van der Waals surface area contributed by atoms with Gasteiger partial charge in [0.15, 0.2) is 5.82 Å². The highest BCUT2D eigenvalue weighted by Gasteiger charge is 2.17. The van der Waals surface area contributed by atoms with Crippen LogP contribution in [0.2, 0.25) is 0 Å². The molecule has 5 heterocycles. The number of imidazole rings is 1. The number of aromatic amines is 2. The number of pyridine rings is 3. The SMILES string of the molecule is CCCCC(=O)Nc1cncc(-c2cc3c(-c4nc5c(-c6cccc(F)c6)nccc5[nH]4)n[nH]c3cn2)c1. The molecule has 10 heteroatoms. The summed E-state index contributed by atoms with van der Waals surface area (Å²) in [6.07, 6.45) is 8.95. The van der Waals surface area contributed by atoms with Gasteiger partial charge in [0, 0.05) is 35.3 Å². The summed E-state index contributed by atoms with van der Waals surface area (Å²) in [5, 5.41) is 11.2. The van der Waals surface area contributed by atoms with E-state index in [-0.39, 0.29) is 11.7 Å². The maximum atomic E-state index is 13.9. The van der Waals surface area contributed by atoms with Gasteiger partial charge < -0.3 is 10.3 Å². The van der Waals surface area contributed by atoms with Gasteiger partial charge in [0.1, 0.15) is 17.0 Å². The fourth-order valence-electron chi connectivity index (χ4n) is 4.36. The van der Waals surface area contributed by atoms with Gasteiger partial charge in [0.25, 0.3) is 0 Å². The average Bonchev–Trinajstić information content (AvgIpc) is 3.55. The highest BCUT2D eigenvalue weighted by molar-refractivity contribution is 5.97. The Balaban J connectivity index is 1.37. The topological polar surface area (TPSA) is 125 Å². The van der Waals surface area contributed by atoms with Crippen molar-refractivity contribution < 1.29 is 9.18 Å². The van der Waals surface area contributed by atoms with Crippen LogP contribution < -0.4 is 5.32 Å². The number of hydrogen-bond acceptors (Lipinski definition) is 6. The standard InChI is InChI=1S/C28H23FN8O/c1-2-3-7-24(38)33-19-11-17(13-30-14-19)22-12-20-23(15-32-22)36-37-26(20)28-34-21-8-9-31-25(27(21)35-28)16-5-4-6-18(29)10-16/h4-6,8-15H,2-3,7H2,1H3,(H,33,38)(H,34,35)(H,36,37). The molecule has 0 aliphatic heterocycles. The number of aromatic nitrogens is 7. The van der Waals surface area contributed by atoms with E-state index in [2.05, 4.69) is 35.5 Å². The summed E-state index contributed by atoms with van der Waals surface area (Å²) in [5.74, 6) is 0.168. The Hall–Kier alpha value is -4.99. The zero-order chi connectivity index (χ0) is 26.1. The van der Waals surface area contributed by atoms with Crippen molar-refractivity contribution >= 4 is 33.5 Å². The molecule has 1 amide bonds. The fraction of sp³-hybridized carbons (Fsp3) is 0.143. The lowest BCUT2D eigenvalue weighted by Crippen LogP contribution is -2.11. The molecule has 0 saturated carbocycles. The van der Waals surface area contributed by atoms with Gasteiger partial charge in [-0.2, -0.15) is 5.10 Å². The predicted molar refractivity (Wildman–Crippen MR) is 144 cm³/mol. The van der Waals surface area contributed by atoms with Crippen LogP contribution in [-0.4, -0.2) is 41.0 Å². The first kappa shape index (κ1) is 23.4. The molecule has 0 spiro atoms. The minimum absolute atomic E-state index is 0.0386. The van der Waals surface area contributed by atoms with Gasteiger partial charge in [-0.25, -0.2) is 9.37 Å². The quantitative estimate of drug-likeness (QED) is 0.248. The zero-order valence-corrected chi connectivity index (χ0v) is 20.5. The molecule has 9 nitrogen and oxygen atoms in total. The Morgan fingerprint density at radius 1 is 1.00 bits per heavy atom. The lowest BCUT2D eigenvalue weighted by molar-refractivity contribution is -0.116. The number of rotatable bonds is 7. The number of fused-ring (bicyclic) bond motifs is 2. The predicted octanol–water partition coefficient (Wildman–Crippen LogP) is 5.89. The first-order valence-corrected chi connectivity index (χ1v) is 12.3. The third kappa shape index (κ3) is 4.47. The van der Waals surface area contributed by atoms with Crippen LogP contribution in [0.15, 0.2) is 67.3 Å². The number of H-pyrrole nitrogens is 2. The minimum atomic E-state index is -0.338. The van der Waals surface area contributed by atoms with E-state index < -0.39 is 0 Å². The van der Waals surface area contributed by atoms with Crippen LogP contribution in [0, 0.1) is 5.82 Å². The molecule has 0 unspecified atom stereocenters. The van der Waals surface area contributed by atoms with Crippen molar-refractivity contribution in [2.24, 2.45) is 0 Å². The second-order valence-corrected chi connectivity index (χ2v) is 8.95. The molecule has 0 bridgehead atoms. The monoisotopic (exact) mass is 506 g/mol. The third-order valence-corrected chi connectivity index (χ3v) is 6.25. The molecule has 0 saturated heterocycles. The number of anilines is 1. The summed E-state index contributed by atoms with van der Waals surface area (Å²) in [6, 6.07) is 11.9. The van der Waals surface area contributed by atoms with E-state index >= 15 is 0 Å². The number of benzene rings is 1. The van der Waals surface area contributed by atoms with E-state index in [0.29, 0.717) is 46.1 Å². The lowest BCUT2D eigenvalue weighted by Gasteiger charge is -2.07. The maximum Gasteiger partial charge on any atom is 0.224 e. The fourth-order valence-corrected chi connectivity index (χ4v) is 4.36. The number of hydrogen-bond donors (Lipinski definition) is 3. The van der Waals surface area contributed by atoms with Crippen molar-refractivity contribution in [2.45, 2.75) is 26.2 Å². The van der Waals surface area contributed by atoms with Crippen LogP contribution in [-0.2, 0) is 4.79 Å². The molecule has 6 rings (SSSR count). The molecule has 38 heavy (non-hydrogen) atoms. The number of halogens is 1.